The highest BCUT2D eigenvalue weighted by Gasteiger charge is 2.14. The summed E-state index contributed by atoms with van der Waals surface area (Å²) in [6, 6.07) is 0.855. The van der Waals surface area contributed by atoms with E-state index in [1.165, 1.54) is 11.3 Å². The molecular weight excluding hydrogens is 288 g/mol. The largest absolute Gasteiger partial charge is 0.368 e. The fraction of sp³-hybridized carbons (Fsp3) is 0.333. The first-order chi connectivity index (χ1) is 9.10. The molecule has 0 fully saturated rings. The number of hydrogen-bond donors (Lipinski definition) is 1. The van der Waals surface area contributed by atoms with Crippen LogP contribution in [0.5, 0.6) is 0 Å². The molecular formula is C12H13F2N3S2. The number of rotatable bonds is 5. The minimum Gasteiger partial charge on any atom is -0.368 e. The zero-order valence-electron chi connectivity index (χ0n) is 10.5. The lowest BCUT2D eigenvalue weighted by Crippen LogP contribution is -2.06. The lowest BCUT2D eigenvalue weighted by molar-refractivity contribution is 0.551. The van der Waals surface area contributed by atoms with Crippen LogP contribution in [0.2, 0.25) is 0 Å². The Kier molecular flexibility index (Phi) is 4.71. The maximum absolute atomic E-state index is 13.7. The molecule has 3 nitrogen and oxygen atoms in total. The Morgan fingerprint density at radius 3 is 2.74 bits per heavy atom. The molecule has 0 radical (unpaired) electrons. The Morgan fingerprint density at radius 1 is 1.32 bits per heavy atom. The van der Waals surface area contributed by atoms with Gasteiger partial charge in [-0.05, 0) is 25.1 Å². The standard InChI is InChI=1S/C12H13F2N3S2/c1-3-4-15-10-8(13)5-9(14)11(17-10)19-12-16-7(2)6-18-12/h5-6H,3-4H2,1-2H3,(H,15,17). The Balaban J connectivity index is 2.24. The Hall–Kier alpha value is -1.21. The van der Waals surface area contributed by atoms with Crippen LogP contribution in [0.25, 0.3) is 0 Å². The van der Waals surface area contributed by atoms with Crippen molar-refractivity contribution in [2.24, 2.45) is 0 Å². The molecule has 0 saturated carbocycles. The van der Waals surface area contributed by atoms with E-state index in [2.05, 4.69) is 15.3 Å². The predicted octanol–water partition coefficient (Wildman–Crippen LogP) is 4.10. The van der Waals surface area contributed by atoms with Crippen molar-refractivity contribution in [3.8, 4) is 0 Å². The second kappa shape index (κ2) is 6.29. The highest BCUT2D eigenvalue weighted by atomic mass is 32.2. The molecule has 0 aliphatic heterocycles. The molecule has 7 heteroatoms. The van der Waals surface area contributed by atoms with Gasteiger partial charge >= 0.3 is 0 Å². The number of nitrogens with zero attached hydrogens (tertiary/aromatic N) is 2. The second-order valence-corrected chi connectivity index (χ2v) is 5.98. The van der Waals surface area contributed by atoms with E-state index in [0.29, 0.717) is 10.9 Å². The summed E-state index contributed by atoms with van der Waals surface area (Å²) >= 11 is 2.52. The van der Waals surface area contributed by atoms with E-state index in [1.807, 2.05) is 19.2 Å². The molecule has 0 aliphatic carbocycles. The van der Waals surface area contributed by atoms with Gasteiger partial charge in [0.2, 0.25) is 0 Å². The summed E-state index contributed by atoms with van der Waals surface area (Å²) in [6.07, 6.45) is 0.840. The van der Waals surface area contributed by atoms with Crippen LogP contribution in [0.4, 0.5) is 14.6 Å². The maximum Gasteiger partial charge on any atom is 0.168 e. The minimum atomic E-state index is -0.675. The average Bonchev–Trinajstić information content (AvgIpc) is 2.77. The highest BCUT2D eigenvalue weighted by Crippen LogP contribution is 2.32. The van der Waals surface area contributed by atoms with Crippen LogP contribution in [-0.4, -0.2) is 16.5 Å². The van der Waals surface area contributed by atoms with Crippen LogP contribution in [0.3, 0.4) is 0 Å². The molecule has 2 rings (SSSR count). The summed E-state index contributed by atoms with van der Waals surface area (Å²) in [4.78, 5) is 8.20. The lowest BCUT2D eigenvalue weighted by Gasteiger charge is -2.07. The summed E-state index contributed by atoms with van der Waals surface area (Å²) < 4.78 is 27.9. The number of pyridine rings is 1. The first-order valence-corrected chi connectivity index (χ1v) is 7.49. The van der Waals surface area contributed by atoms with Crippen molar-refractivity contribution >= 4 is 28.9 Å². The lowest BCUT2D eigenvalue weighted by atomic mass is 10.4. The van der Waals surface area contributed by atoms with Crippen LogP contribution in [-0.2, 0) is 0 Å². The molecule has 2 aromatic heterocycles. The summed E-state index contributed by atoms with van der Waals surface area (Å²) in [5, 5.41) is 4.85. The van der Waals surface area contributed by atoms with Crippen molar-refractivity contribution in [3.05, 3.63) is 28.8 Å². The number of halogens is 2. The van der Waals surface area contributed by atoms with Crippen molar-refractivity contribution in [1.29, 1.82) is 0 Å². The number of anilines is 1. The fourth-order valence-corrected chi connectivity index (χ4v) is 3.09. The molecule has 0 saturated heterocycles. The smallest absolute Gasteiger partial charge is 0.168 e. The normalized spacial score (nSPS) is 10.7. The van der Waals surface area contributed by atoms with Gasteiger partial charge in [-0.2, -0.15) is 0 Å². The van der Waals surface area contributed by atoms with Crippen LogP contribution in [0.1, 0.15) is 19.0 Å². The molecule has 0 unspecified atom stereocenters. The van der Waals surface area contributed by atoms with Crippen molar-refractivity contribution in [2.45, 2.75) is 29.6 Å². The average molecular weight is 301 g/mol. The molecule has 0 atom stereocenters. The Bertz CT molecular complexity index is 572. The molecule has 1 N–H and O–H groups in total. The zero-order chi connectivity index (χ0) is 13.8. The van der Waals surface area contributed by atoms with Gasteiger partial charge in [0.15, 0.2) is 21.8 Å². The van der Waals surface area contributed by atoms with Crippen LogP contribution in [0.15, 0.2) is 20.8 Å². The number of hydrogen-bond acceptors (Lipinski definition) is 5. The molecule has 102 valence electrons. The minimum absolute atomic E-state index is 0.0824. The van der Waals surface area contributed by atoms with Crippen molar-refractivity contribution in [2.75, 3.05) is 11.9 Å². The third-order valence-corrected chi connectivity index (χ3v) is 4.26. The summed E-state index contributed by atoms with van der Waals surface area (Å²) in [6.45, 7) is 4.42. The molecule has 0 spiro atoms. The van der Waals surface area contributed by atoms with E-state index in [0.717, 1.165) is 29.9 Å². The molecule has 0 aliphatic rings. The maximum atomic E-state index is 13.7. The van der Waals surface area contributed by atoms with E-state index < -0.39 is 11.6 Å². The predicted molar refractivity (Wildman–Crippen MR) is 73.9 cm³/mol. The van der Waals surface area contributed by atoms with Gasteiger partial charge < -0.3 is 5.32 Å². The van der Waals surface area contributed by atoms with Gasteiger partial charge in [-0.1, -0.05) is 6.92 Å². The molecule has 0 amide bonds. The van der Waals surface area contributed by atoms with E-state index in [4.69, 9.17) is 0 Å². The van der Waals surface area contributed by atoms with Gasteiger partial charge in [0, 0.05) is 23.7 Å². The summed E-state index contributed by atoms with van der Waals surface area (Å²) in [5.41, 5.74) is 0.874. The first kappa shape index (κ1) is 14.2. The van der Waals surface area contributed by atoms with Crippen molar-refractivity contribution < 1.29 is 8.78 Å². The summed E-state index contributed by atoms with van der Waals surface area (Å²) in [5.74, 6) is -1.26. The zero-order valence-corrected chi connectivity index (χ0v) is 12.2. The van der Waals surface area contributed by atoms with Crippen LogP contribution in [0, 0.1) is 18.6 Å². The number of thiazole rings is 1. The first-order valence-electron chi connectivity index (χ1n) is 5.80. The van der Waals surface area contributed by atoms with E-state index in [-0.39, 0.29) is 10.8 Å². The number of nitrogens with one attached hydrogen (secondary N) is 1. The van der Waals surface area contributed by atoms with E-state index >= 15 is 0 Å². The molecule has 19 heavy (non-hydrogen) atoms. The molecule has 0 aromatic carbocycles. The van der Waals surface area contributed by atoms with Crippen molar-refractivity contribution in [3.63, 3.8) is 0 Å². The Labute approximate surface area is 118 Å². The summed E-state index contributed by atoms with van der Waals surface area (Å²) in [7, 11) is 0. The van der Waals surface area contributed by atoms with Gasteiger partial charge in [-0.25, -0.2) is 18.7 Å². The van der Waals surface area contributed by atoms with Gasteiger partial charge in [0.1, 0.15) is 5.03 Å². The van der Waals surface area contributed by atoms with Crippen LogP contribution < -0.4 is 5.32 Å². The van der Waals surface area contributed by atoms with Gasteiger partial charge in [0.25, 0.3) is 0 Å². The monoisotopic (exact) mass is 301 g/mol. The molecule has 2 aromatic rings. The SMILES string of the molecule is CCCNc1nc(Sc2nc(C)cs2)c(F)cc1F. The fourth-order valence-electron chi connectivity index (χ4n) is 1.35. The highest BCUT2D eigenvalue weighted by molar-refractivity contribution is 8.01. The quantitative estimate of drug-likeness (QED) is 0.902. The van der Waals surface area contributed by atoms with Crippen LogP contribution >= 0.6 is 23.1 Å². The van der Waals surface area contributed by atoms with E-state index in [9.17, 15) is 8.78 Å². The Morgan fingerprint density at radius 2 is 2.11 bits per heavy atom. The topological polar surface area (TPSA) is 37.8 Å². The molecule has 2 heterocycles. The van der Waals surface area contributed by atoms with Gasteiger partial charge in [-0.15, -0.1) is 11.3 Å². The number of aryl methyl sites for hydroxylation is 1. The van der Waals surface area contributed by atoms with Gasteiger partial charge in [-0.3, -0.25) is 0 Å². The van der Waals surface area contributed by atoms with E-state index in [1.54, 1.807) is 0 Å². The second-order valence-electron chi connectivity index (χ2n) is 3.89. The molecule has 0 bridgehead atoms. The third kappa shape index (κ3) is 3.63. The van der Waals surface area contributed by atoms with Crippen molar-refractivity contribution in [1.82, 2.24) is 9.97 Å². The third-order valence-electron chi connectivity index (χ3n) is 2.22. The van der Waals surface area contributed by atoms with Gasteiger partial charge in [0.05, 0.1) is 0 Å². The number of aromatic nitrogens is 2.